The maximum Gasteiger partial charge on any atom is 0.228 e. The van der Waals surface area contributed by atoms with Crippen molar-refractivity contribution >= 4 is 82.9 Å². The third-order valence-electron chi connectivity index (χ3n) is 8.74. The van der Waals surface area contributed by atoms with Gasteiger partial charge in [0, 0.05) is 50.4 Å². The molecule has 6 aromatic carbocycles. The molecule has 0 aliphatic carbocycles. The lowest BCUT2D eigenvalue weighted by atomic mass is 10.0. The van der Waals surface area contributed by atoms with Crippen LogP contribution in [0.2, 0.25) is 0 Å². The molecule has 10 rings (SSSR count). The molecule has 6 heteroatoms. The van der Waals surface area contributed by atoms with Gasteiger partial charge in [0.25, 0.3) is 0 Å². The topological polar surface area (TPSA) is 68.4 Å². The molecule has 0 unspecified atom stereocenters. The minimum Gasteiger partial charge on any atom is -0.456 e. The van der Waals surface area contributed by atoms with Crippen LogP contribution in [0, 0.1) is 0 Å². The molecular formula is C40H23N3O3. The Hall–Kier alpha value is -6.40. The SMILES string of the molecule is c1ccc(N(c2ccc3c(c2)oc2cccc(-c4nc5ccccc5o4)c23)c2ccc3oc4c5ccccc5ccc4c3c2)nc1. The maximum absolute atomic E-state index is 6.48. The van der Waals surface area contributed by atoms with E-state index in [2.05, 4.69) is 65.6 Å². The number of hydrogen-bond donors (Lipinski definition) is 0. The van der Waals surface area contributed by atoms with E-state index in [-0.39, 0.29) is 0 Å². The van der Waals surface area contributed by atoms with E-state index >= 15 is 0 Å². The summed E-state index contributed by atoms with van der Waals surface area (Å²) in [5, 5.41) is 6.34. The lowest BCUT2D eigenvalue weighted by molar-refractivity contribution is 0.620. The number of aromatic nitrogens is 2. The second-order valence-corrected chi connectivity index (χ2v) is 11.4. The van der Waals surface area contributed by atoms with Gasteiger partial charge in [-0.15, -0.1) is 0 Å². The van der Waals surface area contributed by atoms with Crippen molar-refractivity contribution in [2.45, 2.75) is 0 Å². The monoisotopic (exact) mass is 593 g/mol. The van der Waals surface area contributed by atoms with Gasteiger partial charge in [-0.2, -0.15) is 0 Å². The summed E-state index contributed by atoms with van der Waals surface area (Å²) in [5.74, 6) is 1.37. The van der Waals surface area contributed by atoms with Crippen LogP contribution >= 0.6 is 0 Å². The number of oxazole rings is 1. The molecule has 0 bridgehead atoms. The first kappa shape index (κ1) is 25.0. The Labute approximate surface area is 261 Å². The minimum atomic E-state index is 0.571. The molecule has 0 aliphatic rings. The molecule has 46 heavy (non-hydrogen) atoms. The first-order chi connectivity index (χ1) is 22.8. The fourth-order valence-corrected chi connectivity index (χ4v) is 6.65. The van der Waals surface area contributed by atoms with E-state index in [1.54, 1.807) is 0 Å². The van der Waals surface area contributed by atoms with Gasteiger partial charge in [-0.25, -0.2) is 9.97 Å². The number of furan rings is 2. The maximum atomic E-state index is 6.48. The molecule has 216 valence electrons. The van der Waals surface area contributed by atoms with Gasteiger partial charge in [0.2, 0.25) is 5.89 Å². The van der Waals surface area contributed by atoms with Crippen LogP contribution in [0.3, 0.4) is 0 Å². The summed E-state index contributed by atoms with van der Waals surface area (Å²) in [4.78, 5) is 11.7. The van der Waals surface area contributed by atoms with Crippen LogP contribution in [-0.2, 0) is 0 Å². The molecule has 0 atom stereocenters. The predicted molar refractivity (Wildman–Crippen MR) is 184 cm³/mol. The summed E-state index contributed by atoms with van der Waals surface area (Å²) in [7, 11) is 0. The van der Waals surface area contributed by atoms with E-state index in [9.17, 15) is 0 Å². The highest BCUT2D eigenvalue weighted by Gasteiger charge is 2.21. The Morgan fingerprint density at radius 2 is 1.33 bits per heavy atom. The highest BCUT2D eigenvalue weighted by Crippen LogP contribution is 2.43. The number of hydrogen-bond acceptors (Lipinski definition) is 6. The van der Waals surface area contributed by atoms with Gasteiger partial charge in [-0.1, -0.05) is 54.6 Å². The fraction of sp³-hybridized carbons (Fsp3) is 0. The zero-order chi connectivity index (χ0) is 30.2. The van der Waals surface area contributed by atoms with E-state index in [1.165, 1.54) is 0 Å². The van der Waals surface area contributed by atoms with E-state index in [1.807, 2.05) is 79.0 Å². The molecule has 4 heterocycles. The van der Waals surface area contributed by atoms with Gasteiger partial charge in [0.15, 0.2) is 5.58 Å². The number of para-hydroxylation sites is 2. The Morgan fingerprint density at radius 3 is 2.26 bits per heavy atom. The van der Waals surface area contributed by atoms with Gasteiger partial charge in [-0.05, 0) is 78.2 Å². The zero-order valence-electron chi connectivity index (χ0n) is 24.3. The van der Waals surface area contributed by atoms with Crippen molar-refractivity contribution in [2.24, 2.45) is 0 Å². The number of pyridine rings is 1. The fourth-order valence-electron chi connectivity index (χ4n) is 6.65. The van der Waals surface area contributed by atoms with Crippen molar-refractivity contribution in [1.29, 1.82) is 0 Å². The molecule has 0 saturated heterocycles. The van der Waals surface area contributed by atoms with Crippen LogP contribution < -0.4 is 4.90 Å². The van der Waals surface area contributed by atoms with Gasteiger partial charge < -0.3 is 13.3 Å². The van der Waals surface area contributed by atoms with Crippen LogP contribution in [0.25, 0.3) is 77.2 Å². The number of fused-ring (bicyclic) bond motifs is 9. The first-order valence-corrected chi connectivity index (χ1v) is 15.1. The van der Waals surface area contributed by atoms with Crippen molar-refractivity contribution in [1.82, 2.24) is 9.97 Å². The van der Waals surface area contributed by atoms with Crippen molar-refractivity contribution in [3.63, 3.8) is 0 Å². The van der Waals surface area contributed by atoms with Crippen LogP contribution in [0.5, 0.6) is 0 Å². The molecule has 0 fully saturated rings. The Kier molecular flexibility index (Phi) is 5.19. The number of benzene rings is 6. The van der Waals surface area contributed by atoms with Crippen molar-refractivity contribution in [3.05, 3.63) is 140 Å². The summed E-state index contributed by atoms with van der Waals surface area (Å²) in [6.07, 6.45) is 1.81. The number of rotatable bonds is 4. The lowest BCUT2D eigenvalue weighted by Gasteiger charge is -2.24. The molecule has 0 radical (unpaired) electrons. The second-order valence-electron chi connectivity index (χ2n) is 11.4. The summed E-state index contributed by atoms with van der Waals surface area (Å²) in [5.41, 5.74) is 7.64. The molecule has 0 amide bonds. The first-order valence-electron chi connectivity index (χ1n) is 15.1. The largest absolute Gasteiger partial charge is 0.456 e. The Balaban J connectivity index is 1.15. The average molecular weight is 594 g/mol. The summed E-state index contributed by atoms with van der Waals surface area (Å²) in [6.45, 7) is 0. The summed E-state index contributed by atoms with van der Waals surface area (Å²) < 4.78 is 19.0. The number of nitrogens with zero attached hydrogens (tertiary/aromatic N) is 3. The second kappa shape index (κ2) is 9.55. The lowest BCUT2D eigenvalue weighted by Crippen LogP contribution is -2.11. The van der Waals surface area contributed by atoms with Gasteiger partial charge in [0.1, 0.15) is 33.7 Å². The molecule has 10 aromatic rings. The molecular weight excluding hydrogens is 570 g/mol. The highest BCUT2D eigenvalue weighted by molar-refractivity contribution is 6.16. The summed E-state index contributed by atoms with van der Waals surface area (Å²) in [6, 6.07) is 45.0. The molecule has 0 N–H and O–H groups in total. The minimum absolute atomic E-state index is 0.571. The van der Waals surface area contributed by atoms with Crippen molar-refractivity contribution in [2.75, 3.05) is 4.90 Å². The quantitative estimate of drug-likeness (QED) is 0.202. The van der Waals surface area contributed by atoms with Crippen molar-refractivity contribution in [3.8, 4) is 11.5 Å². The average Bonchev–Trinajstić information content (AvgIpc) is 3.82. The highest BCUT2D eigenvalue weighted by atomic mass is 16.4. The summed E-state index contributed by atoms with van der Waals surface area (Å²) >= 11 is 0. The standard InChI is InChI=1S/C40H23N3O3/c1-2-9-27-24(8-1)15-18-28-31-22-25(17-20-33(31)45-39(27)28)43(37-14-5-6-21-41-37)26-16-19-29-36(23-26)44-35-13-7-10-30(38(29)35)40-42-32-11-3-4-12-34(32)46-40/h1-23H. The smallest absolute Gasteiger partial charge is 0.228 e. The van der Waals surface area contributed by atoms with E-state index < -0.39 is 0 Å². The predicted octanol–water partition coefficient (Wildman–Crippen LogP) is 11.3. The zero-order valence-corrected chi connectivity index (χ0v) is 24.3. The molecule has 4 aromatic heterocycles. The molecule has 0 spiro atoms. The third-order valence-corrected chi connectivity index (χ3v) is 8.74. The Bertz CT molecular complexity index is 2740. The van der Waals surface area contributed by atoms with Crippen LogP contribution in [0.4, 0.5) is 17.2 Å². The van der Waals surface area contributed by atoms with Crippen LogP contribution in [-0.4, -0.2) is 9.97 Å². The van der Waals surface area contributed by atoms with Gasteiger partial charge >= 0.3 is 0 Å². The number of anilines is 3. The van der Waals surface area contributed by atoms with E-state index in [4.69, 9.17) is 23.2 Å². The molecule has 6 nitrogen and oxygen atoms in total. The molecule has 0 saturated carbocycles. The molecule has 0 aliphatic heterocycles. The van der Waals surface area contributed by atoms with Crippen LogP contribution in [0.15, 0.2) is 153 Å². The van der Waals surface area contributed by atoms with Gasteiger partial charge in [0.05, 0.1) is 5.69 Å². The Morgan fingerprint density at radius 1 is 0.500 bits per heavy atom. The van der Waals surface area contributed by atoms with E-state index in [0.717, 1.165) is 88.5 Å². The van der Waals surface area contributed by atoms with E-state index in [0.29, 0.717) is 5.89 Å². The third kappa shape index (κ3) is 3.70. The van der Waals surface area contributed by atoms with Crippen molar-refractivity contribution < 1.29 is 13.3 Å². The van der Waals surface area contributed by atoms with Crippen LogP contribution in [0.1, 0.15) is 0 Å². The normalized spacial score (nSPS) is 11.9. The van der Waals surface area contributed by atoms with Gasteiger partial charge in [-0.3, -0.25) is 4.90 Å².